The van der Waals surface area contributed by atoms with Gasteiger partial charge >= 0.3 is 0 Å². The van der Waals surface area contributed by atoms with Crippen LogP contribution in [0.25, 0.3) is 11.2 Å². The fraction of sp³-hybridized carbons (Fsp3) is 0.583. The van der Waals surface area contributed by atoms with Crippen molar-refractivity contribution in [3.8, 4) is 0 Å². The van der Waals surface area contributed by atoms with Crippen LogP contribution >= 0.6 is 0 Å². The number of H-pyrrole nitrogens is 1. The summed E-state index contributed by atoms with van der Waals surface area (Å²) in [5.41, 5.74) is 1.72. The second kappa shape index (κ2) is 4.53. The van der Waals surface area contributed by atoms with Gasteiger partial charge in [0.1, 0.15) is 17.7 Å². The average molecular weight is 246 g/mol. The van der Waals surface area contributed by atoms with Gasteiger partial charge < -0.3 is 14.8 Å². The Hall–Kier alpha value is -1.69. The standard InChI is InChI=1S/C12H18N6/c1-3-17-4-6-18(7-5-17)12-10-11(13-8-14-12)16-9(2)15-10/h8H,3-7H2,1-2H3,(H,13,14,15,16). The van der Waals surface area contributed by atoms with E-state index in [9.17, 15) is 0 Å². The number of anilines is 1. The van der Waals surface area contributed by atoms with E-state index in [1.807, 2.05) is 6.92 Å². The maximum absolute atomic E-state index is 4.42. The zero-order valence-corrected chi connectivity index (χ0v) is 10.8. The molecule has 2 aromatic heterocycles. The first-order chi connectivity index (χ1) is 8.78. The van der Waals surface area contributed by atoms with E-state index in [4.69, 9.17) is 0 Å². The molecule has 0 aliphatic carbocycles. The molecule has 0 bridgehead atoms. The lowest BCUT2D eigenvalue weighted by atomic mass is 10.3. The molecule has 0 amide bonds. The maximum Gasteiger partial charge on any atom is 0.183 e. The van der Waals surface area contributed by atoms with Crippen LogP contribution in [0.3, 0.4) is 0 Å². The van der Waals surface area contributed by atoms with Crippen LogP contribution in [0.1, 0.15) is 12.7 Å². The van der Waals surface area contributed by atoms with Crippen molar-refractivity contribution >= 4 is 17.0 Å². The lowest BCUT2D eigenvalue weighted by Gasteiger charge is -2.34. The van der Waals surface area contributed by atoms with Gasteiger partial charge in [0, 0.05) is 26.2 Å². The molecule has 1 fully saturated rings. The van der Waals surface area contributed by atoms with Crippen molar-refractivity contribution < 1.29 is 0 Å². The van der Waals surface area contributed by atoms with E-state index < -0.39 is 0 Å². The molecule has 1 N–H and O–H groups in total. The predicted molar refractivity (Wildman–Crippen MR) is 70.7 cm³/mol. The molecule has 6 nitrogen and oxygen atoms in total. The van der Waals surface area contributed by atoms with Crippen LogP contribution in [0.2, 0.25) is 0 Å². The van der Waals surface area contributed by atoms with Gasteiger partial charge in [-0.15, -0.1) is 0 Å². The number of aromatic amines is 1. The molecule has 6 heteroatoms. The third-order valence-electron chi connectivity index (χ3n) is 3.51. The van der Waals surface area contributed by atoms with Gasteiger partial charge in [0.05, 0.1) is 0 Å². The molecule has 1 aliphatic rings. The first-order valence-corrected chi connectivity index (χ1v) is 6.42. The molecule has 0 atom stereocenters. The summed E-state index contributed by atoms with van der Waals surface area (Å²) in [6, 6.07) is 0. The van der Waals surface area contributed by atoms with Gasteiger partial charge in [0.25, 0.3) is 0 Å². The number of nitrogens with zero attached hydrogens (tertiary/aromatic N) is 5. The van der Waals surface area contributed by atoms with E-state index in [2.05, 4.69) is 36.7 Å². The topological polar surface area (TPSA) is 60.9 Å². The minimum Gasteiger partial charge on any atom is -0.352 e. The van der Waals surface area contributed by atoms with Crippen LogP contribution in [0.4, 0.5) is 5.82 Å². The van der Waals surface area contributed by atoms with Crippen molar-refractivity contribution in [2.75, 3.05) is 37.6 Å². The molecule has 0 saturated carbocycles. The molecular formula is C12H18N6. The number of hydrogen-bond donors (Lipinski definition) is 1. The summed E-state index contributed by atoms with van der Waals surface area (Å²) in [5, 5.41) is 0. The van der Waals surface area contributed by atoms with E-state index in [1.54, 1.807) is 6.33 Å². The fourth-order valence-electron chi connectivity index (χ4n) is 2.45. The van der Waals surface area contributed by atoms with Gasteiger partial charge in [0.15, 0.2) is 11.5 Å². The van der Waals surface area contributed by atoms with Crippen molar-refractivity contribution in [1.82, 2.24) is 24.8 Å². The normalized spacial score (nSPS) is 17.6. The lowest BCUT2D eigenvalue weighted by molar-refractivity contribution is 0.270. The molecule has 96 valence electrons. The summed E-state index contributed by atoms with van der Waals surface area (Å²) in [4.78, 5) is 21.0. The Labute approximate surface area is 106 Å². The van der Waals surface area contributed by atoms with E-state index in [1.165, 1.54) is 0 Å². The fourth-order valence-corrected chi connectivity index (χ4v) is 2.45. The van der Waals surface area contributed by atoms with Crippen LogP contribution in [0, 0.1) is 6.92 Å². The Bertz CT molecular complexity index is 540. The van der Waals surface area contributed by atoms with Gasteiger partial charge in [-0.25, -0.2) is 15.0 Å². The van der Waals surface area contributed by atoms with E-state index >= 15 is 0 Å². The highest BCUT2D eigenvalue weighted by Gasteiger charge is 2.19. The third kappa shape index (κ3) is 1.92. The molecule has 0 aromatic carbocycles. The van der Waals surface area contributed by atoms with Crippen molar-refractivity contribution in [3.05, 3.63) is 12.2 Å². The van der Waals surface area contributed by atoms with Crippen molar-refractivity contribution in [1.29, 1.82) is 0 Å². The van der Waals surface area contributed by atoms with E-state index in [0.717, 1.165) is 55.5 Å². The van der Waals surface area contributed by atoms with Gasteiger partial charge in [-0.2, -0.15) is 0 Å². The summed E-state index contributed by atoms with van der Waals surface area (Å²) < 4.78 is 0. The minimum atomic E-state index is 0.760. The largest absolute Gasteiger partial charge is 0.352 e. The van der Waals surface area contributed by atoms with E-state index in [0.29, 0.717) is 0 Å². The summed E-state index contributed by atoms with van der Waals surface area (Å²) in [7, 11) is 0. The van der Waals surface area contributed by atoms with Crippen LogP contribution in [-0.2, 0) is 0 Å². The highest BCUT2D eigenvalue weighted by Crippen LogP contribution is 2.21. The Balaban J connectivity index is 1.90. The number of likely N-dealkylation sites (N-methyl/N-ethyl adjacent to an activating group) is 1. The number of nitrogens with one attached hydrogen (secondary N) is 1. The number of piperazine rings is 1. The maximum atomic E-state index is 4.42. The third-order valence-corrected chi connectivity index (χ3v) is 3.51. The molecule has 0 spiro atoms. The van der Waals surface area contributed by atoms with Crippen molar-refractivity contribution in [2.45, 2.75) is 13.8 Å². The molecule has 2 aromatic rings. The Morgan fingerprint density at radius 3 is 2.72 bits per heavy atom. The monoisotopic (exact) mass is 246 g/mol. The van der Waals surface area contributed by atoms with Gasteiger partial charge in [-0.05, 0) is 13.5 Å². The number of aromatic nitrogens is 4. The number of hydrogen-bond acceptors (Lipinski definition) is 5. The zero-order chi connectivity index (χ0) is 12.5. The molecule has 0 radical (unpaired) electrons. The van der Waals surface area contributed by atoms with Crippen LogP contribution in [0.15, 0.2) is 6.33 Å². The quantitative estimate of drug-likeness (QED) is 0.849. The summed E-state index contributed by atoms with van der Waals surface area (Å²) in [5.74, 6) is 1.87. The highest BCUT2D eigenvalue weighted by atomic mass is 15.3. The van der Waals surface area contributed by atoms with Crippen molar-refractivity contribution in [3.63, 3.8) is 0 Å². The summed E-state index contributed by atoms with van der Waals surface area (Å²) in [6.45, 7) is 9.48. The SMILES string of the molecule is CCN1CCN(c2ncnc3nc(C)[nH]c23)CC1. The number of aryl methyl sites for hydroxylation is 1. The number of imidazole rings is 1. The Morgan fingerprint density at radius 1 is 1.22 bits per heavy atom. The first kappa shape index (κ1) is 11.4. The van der Waals surface area contributed by atoms with Gasteiger partial charge in [0.2, 0.25) is 0 Å². The number of rotatable bonds is 2. The number of fused-ring (bicyclic) bond motifs is 1. The Morgan fingerprint density at radius 2 is 2.00 bits per heavy atom. The minimum absolute atomic E-state index is 0.760. The van der Waals surface area contributed by atoms with E-state index in [-0.39, 0.29) is 0 Å². The molecule has 3 heterocycles. The summed E-state index contributed by atoms with van der Waals surface area (Å²) in [6.07, 6.45) is 1.60. The molecule has 18 heavy (non-hydrogen) atoms. The first-order valence-electron chi connectivity index (χ1n) is 6.42. The van der Waals surface area contributed by atoms with Crippen molar-refractivity contribution in [2.24, 2.45) is 0 Å². The highest BCUT2D eigenvalue weighted by molar-refractivity contribution is 5.83. The van der Waals surface area contributed by atoms with Gasteiger partial charge in [-0.1, -0.05) is 6.92 Å². The molecule has 1 aliphatic heterocycles. The summed E-state index contributed by atoms with van der Waals surface area (Å²) >= 11 is 0. The second-order valence-electron chi connectivity index (χ2n) is 4.64. The average Bonchev–Trinajstić information content (AvgIpc) is 2.79. The predicted octanol–water partition coefficient (Wildman–Crippen LogP) is 0.803. The van der Waals surface area contributed by atoms with Crippen LogP contribution in [0.5, 0.6) is 0 Å². The van der Waals surface area contributed by atoms with Gasteiger partial charge in [-0.3, -0.25) is 0 Å². The smallest absolute Gasteiger partial charge is 0.183 e. The molecule has 1 saturated heterocycles. The Kier molecular flexibility index (Phi) is 2.87. The molecular weight excluding hydrogens is 228 g/mol. The second-order valence-corrected chi connectivity index (χ2v) is 4.64. The lowest BCUT2D eigenvalue weighted by Crippen LogP contribution is -2.46. The zero-order valence-electron chi connectivity index (χ0n) is 10.8. The van der Waals surface area contributed by atoms with Crippen LogP contribution < -0.4 is 4.90 Å². The van der Waals surface area contributed by atoms with Crippen LogP contribution in [-0.4, -0.2) is 57.6 Å². The molecule has 0 unspecified atom stereocenters. The molecule has 3 rings (SSSR count).